The smallest absolute Gasteiger partial charge is 0.338 e. The quantitative estimate of drug-likeness (QED) is 0.764. The molecular weight excluding hydrogens is 328 g/mol. The summed E-state index contributed by atoms with van der Waals surface area (Å²) in [4.78, 5) is 23.7. The van der Waals surface area contributed by atoms with E-state index in [2.05, 4.69) is 10.6 Å². The normalized spacial score (nSPS) is 10.3. The van der Waals surface area contributed by atoms with E-state index < -0.39 is 0 Å². The Morgan fingerprint density at radius 3 is 1.96 bits per heavy atom. The van der Waals surface area contributed by atoms with Gasteiger partial charge in [0.2, 0.25) is 0 Å². The third kappa shape index (κ3) is 5.59. The van der Waals surface area contributed by atoms with E-state index in [0.29, 0.717) is 28.6 Å². The molecule has 0 aliphatic carbocycles. The van der Waals surface area contributed by atoms with Crippen molar-refractivity contribution in [1.82, 2.24) is 0 Å². The van der Waals surface area contributed by atoms with Gasteiger partial charge in [-0.3, -0.25) is 0 Å². The van der Waals surface area contributed by atoms with E-state index in [1.54, 1.807) is 48.5 Å². The van der Waals surface area contributed by atoms with Crippen molar-refractivity contribution >= 4 is 35.0 Å². The van der Waals surface area contributed by atoms with Gasteiger partial charge in [0.15, 0.2) is 0 Å². The highest BCUT2D eigenvalue weighted by atomic mass is 35.5. The highest BCUT2D eigenvalue weighted by Crippen LogP contribution is 2.15. The molecule has 2 aromatic rings. The van der Waals surface area contributed by atoms with Crippen LogP contribution in [-0.4, -0.2) is 18.6 Å². The molecular formula is C18H19ClN2O3. The fraction of sp³-hybridized carbons (Fsp3) is 0.222. The molecule has 0 bridgehead atoms. The van der Waals surface area contributed by atoms with Crippen molar-refractivity contribution < 1.29 is 14.3 Å². The second-order valence-corrected chi connectivity index (χ2v) is 6.09. The van der Waals surface area contributed by atoms with Gasteiger partial charge in [-0.1, -0.05) is 25.4 Å². The number of urea groups is 1. The number of hydrogen-bond acceptors (Lipinski definition) is 3. The fourth-order valence-corrected chi connectivity index (χ4v) is 1.97. The van der Waals surface area contributed by atoms with Crippen molar-refractivity contribution in [3.05, 3.63) is 59.1 Å². The number of anilines is 2. The van der Waals surface area contributed by atoms with Crippen LogP contribution in [0.4, 0.5) is 16.2 Å². The molecule has 0 atom stereocenters. The Bertz CT molecular complexity index is 697. The molecule has 0 aliphatic heterocycles. The molecule has 0 radical (unpaired) electrons. The molecule has 0 fully saturated rings. The summed E-state index contributed by atoms with van der Waals surface area (Å²) in [6.07, 6.45) is 0. The maximum absolute atomic E-state index is 11.9. The minimum atomic E-state index is -0.382. The summed E-state index contributed by atoms with van der Waals surface area (Å²) in [5.74, 6) is -0.0904. The first-order valence-corrected chi connectivity index (χ1v) is 7.92. The van der Waals surface area contributed by atoms with Gasteiger partial charge in [-0.15, -0.1) is 0 Å². The summed E-state index contributed by atoms with van der Waals surface area (Å²) in [5, 5.41) is 5.97. The lowest BCUT2D eigenvalue weighted by Gasteiger charge is -2.09. The zero-order valence-electron chi connectivity index (χ0n) is 13.5. The van der Waals surface area contributed by atoms with Crippen molar-refractivity contribution in [3.8, 4) is 0 Å². The molecule has 126 valence electrons. The zero-order valence-corrected chi connectivity index (χ0v) is 14.3. The van der Waals surface area contributed by atoms with Crippen LogP contribution >= 0.6 is 11.6 Å². The Balaban J connectivity index is 1.89. The van der Waals surface area contributed by atoms with Gasteiger partial charge in [0, 0.05) is 16.4 Å². The topological polar surface area (TPSA) is 67.4 Å². The summed E-state index contributed by atoms with van der Waals surface area (Å²) in [6.45, 7) is 4.32. The van der Waals surface area contributed by atoms with Crippen molar-refractivity contribution in [2.75, 3.05) is 17.2 Å². The molecule has 0 saturated heterocycles. The summed E-state index contributed by atoms with van der Waals surface area (Å²) < 4.78 is 5.15. The number of rotatable bonds is 5. The van der Waals surface area contributed by atoms with Crippen LogP contribution in [-0.2, 0) is 4.74 Å². The molecule has 0 saturated carbocycles. The first-order chi connectivity index (χ1) is 11.4. The number of carbonyl (C=O) groups is 2. The van der Waals surface area contributed by atoms with Crippen LogP contribution in [0, 0.1) is 5.92 Å². The second kappa shape index (κ2) is 8.36. The number of carbonyl (C=O) groups excluding carboxylic acids is 2. The zero-order chi connectivity index (χ0) is 17.5. The molecule has 0 spiro atoms. The van der Waals surface area contributed by atoms with E-state index in [1.165, 1.54) is 0 Å². The summed E-state index contributed by atoms with van der Waals surface area (Å²) in [5.41, 5.74) is 1.65. The molecule has 2 aromatic carbocycles. The minimum absolute atomic E-state index is 0.284. The Morgan fingerprint density at radius 1 is 0.958 bits per heavy atom. The third-order valence-corrected chi connectivity index (χ3v) is 3.28. The first-order valence-electron chi connectivity index (χ1n) is 7.55. The van der Waals surface area contributed by atoms with Gasteiger partial charge in [-0.05, 0) is 54.4 Å². The predicted octanol–water partition coefficient (Wildman–Crippen LogP) is 4.80. The van der Waals surface area contributed by atoms with Gasteiger partial charge in [-0.2, -0.15) is 0 Å². The molecule has 0 heterocycles. The Labute approximate surface area is 146 Å². The molecule has 0 unspecified atom stereocenters. The van der Waals surface area contributed by atoms with Crippen molar-refractivity contribution in [2.45, 2.75) is 13.8 Å². The van der Waals surface area contributed by atoms with Crippen LogP contribution < -0.4 is 10.6 Å². The van der Waals surface area contributed by atoms with Gasteiger partial charge < -0.3 is 15.4 Å². The molecule has 2 amide bonds. The predicted molar refractivity (Wildman–Crippen MR) is 95.7 cm³/mol. The van der Waals surface area contributed by atoms with E-state index >= 15 is 0 Å². The summed E-state index contributed by atoms with van der Waals surface area (Å²) >= 11 is 5.79. The average Bonchev–Trinajstić information content (AvgIpc) is 2.55. The van der Waals surface area contributed by atoms with E-state index in [-0.39, 0.29) is 17.9 Å². The Hall–Kier alpha value is -2.53. The van der Waals surface area contributed by atoms with Crippen LogP contribution in [0.2, 0.25) is 5.02 Å². The number of amides is 2. The van der Waals surface area contributed by atoms with Crippen LogP contribution in [0.5, 0.6) is 0 Å². The molecule has 24 heavy (non-hydrogen) atoms. The van der Waals surface area contributed by atoms with Crippen molar-refractivity contribution in [2.24, 2.45) is 5.92 Å². The lowest BCUT2D eigenvalue weighted by Crippen LogP contribution is -2.19. The van der Waals surface area contributed by atoms with Gasteiger partial charge in [0.25, 0.3) is 0 Å². The van der Waals surface area contributed by atoms with Gasteiger partial charge in [0.05, 0.1) is 12.2 Å². The van der Waals surface area contributed by atoms with Gasteiger partial charge in [-0.25, -0.2) is 9.59 Å². The highest BCUT2D eigenvalue weighted by molar-refractivity contribution is 6.30. The standard InChI is InChI=1S/C18H19ClN2O3/c1-12(2)11-24-17(22)13-3-7-15(8-4-13)20-18(23)21-16-9-5-14(19)6-10-16/h3-10,12H,11H2,1-2H3,(H2,20,21,23). The van der Waals surface area contributed by atoms with Crippen LogP contribution in [0.1, 0.15) is 24.2 Å². The third-order valence-electron chi connectivity index (χ3n) is 3.03. The summed E-state index contributed by atoms with van der Waals surface area (Å²) in [7, 11) is 0. The van der Waals surface area contributed by atoms with Crippen molar-refractivity contribution in [3.63, 3.8) is 0 Å². The average molecular weight is 347 g/mol. The lowest BCUT2D eigenvalue weighted by atomic mass is 10.2. The largest absolute Gasteiger partial charge is 0.462 e. The number of esters is 1. The first kappa shape index (κ1) is 17.8. The highest BCUT2D eigenvalue weighted by Gasteiger charge is 2.09. The molecule has 0 aliphatic rings. The SMILES string of the molecule is CC(C)COC(=O)c1ccc(NC(=O)Nc2ccc(Cl)cc2)cc1. The Kier molecular flexibility index (Phi) is 6.21. The number of benzene rings is 2. The van der Waals surface area contributed by atoms with Crippen LogP contribution in [0.25, 0.3) is 0 Å². The van der Waals surface area contributed by atoms with E-state index in [9.17, 15) is 9.59 Å². The molecule has 2 N–H and O–H groups in total. The van der Waals surface area contributed by atoms with Crippen LogP contribution in [0.3, 0.4) is 0 Å². The molecule has 2 rings (SSSR count). The van der Waals surface area contributed by atoms with Gasteiger partial charge in [0.1, 0.15) is 0 Å². The number of halogens is 1. The number of hydrogen-bond donors (Lipinski definition) is 2. The minimum Gasteiger partial charge on any atom is -0.462 e. The Morgan fingerprint density at radius 2 is 1.46 bits per heavy atom. The lowest BCUT2D eigenvalue weighted by molar-refractivity contribution is 0.0459. The molecule has 5 nitrogen and oxygen atoms in total. The maximum atomic E-state index is 11.9. The fourth-order valence-electron chi connectivity index (χ4n) is 1.84. The van der Waals surface area contributed by atoms with E-state index in [4.69, 9.17) is 16.3 Å². The monoisotopic (exact) mass is 346 g/mol. The van der Waals surface area contributed by atoms with Crippen molar-refractivity contribution in [1.29, 1.82) is 0 Å². The van der Waals surface area contributed by atoms with E-state index in [1.807, 2.05) is 13.8 Å². The van der Waals surface area contributed by atoms with Gasteiger partial charge >= 0.3 is 12.0 Å². The molecule has 0 aromatic heterocycles. The van der Waals surface area contributed by atoms with Crippen LogP contribution in [0.15, 0.2) is 48.5 Å². The number of nitrogens with one attached hydrogen (secondary N) is 2. The second-order valence-electron chi connectivity index (χ2n) is 5.66. The maximum Gasteiger partial charge on any atom is 0.338 e. The number of ether oxygens (including phenoxy) is 1. The molecule has 6 heteroatoms. The summed E-state index contributed by atoms with van der Waals surface area (Å²) in [6, 6.07) is 12.9. The van der Waals surface area contributed by atoms with E-state index in [0.717, 1.165) is 0 Å².